The lowest BCUT2D eigenvalue weighted by Gasteiger charge is -2.11. The van der Waals surface area contributed by atoms with Crippen LogP contribution >= 0.6 is 0 Å². The first-order valence-electron chi connectivity index (χ1n) is 3.93. The molecule has 0 heterocycles. The summed E-state index contributed by atoms with van der Waals surface area (Å²) < 4.78 is 0. The molecule has 1 N–H and O–H groups in total. The summed E-state index contributed by atoms with van der Waals surface area (Å²) in [7, 11) is 0. The maximum atomic E-state index is 10.5. The van der Waals surface area contributed by atoms with Gasteiger partial charge in [0.15, 0.2) is 0 Å². The van der Waals surface area contributed by atoms with Gasteiger partial charge in [-0.25, -0.2) is 0 Å². The molecule has 10 heavy (non-hydrogen) atoms. The van der Waals surface area contributed by atoms with Crippen molar-refractivity contribution < 1.29 is 4.79 Å². The standard InChI is InChI=1S/C8H15NO/c1-3-8(4-5-8)6-9-7(2)10/h3-6H2,1-2H3,(H,9,10). The van der Waals surface area contributed by atoms with Crippen LogP contribution in [0.2, 0.25) is 0 Å². The van der Waals surface area contributed by atoms with E-state index in [-0.39, 0.29) is 5.91 Å². The lowest BCUT2D eigenvalue weighted by Crippen LogP contribution is -2.27. The van der Waals surface area contributed by atoms with Crippen LogP contribution in [0.25, 0.3) is 0 Å². The fourth-order valence-corrected chi connectivity index (χ4v) is 1.14. The molecule has 0 radical (unpaired) electrons. The van der Waals surface area contributed by atoms with Crippen LogP contribution in [0.4, 0.5) is 0 Å². The second kappa shape index (κ2) is 2.60. The molecule has 0 unspecified atom stereocenters. The molecule has 1 aliphatic carbocycles. The van der Waals surface area contributed by atoms with Crippen molar-refractivity contribution >= 4 is 5.91 Å². The molecule has 1 fully saturated rings. The summed E-state index contributed by atoms with van der Waals surface area (Å²) in [5.41, 5.74) is 0.492. The molecule has 0 aromatic carbocycles. The van der Waals surface area contributed by atoms with Gasteiger partial charge in [0.2, 0.25) is 5.91 Å². The van der Waals surface area contributed by atoms with Gasteiger partial charge in [-0.2, -0.15) is 0 Å². The molecule has 1 saturated carbocycles. The van der Waals surface area contributed by atoms with Crippen molar-refractivity contribution in [1.29, 1.82) is 0 Å². The second-order valence-electron chi connectivity index (χ2n) is 3.26. The number of hydrogen-bond acceptors (Lipinski definition) is 1. The Bertz CT molecular complexity index is 138. The van der Waals surface area contributed by atoms with E-state index in [9.17, 15) is 4.79 Å². The van der Waals surface area contributed by atoms with Gasteiger partial charge in [-0.05, 0) is 24.7 Å². The van der Waals surface area contributed by atoms with Crippen molar-refractivity contribution in [2.75, 3.05) is 6.54 Å². The summed E-state index contributed by atoms with van der Waals surface area (Å²) in [6.07, 6.45) is 3.79. The monoisotopic (exact) mass is 141 g/mol. The zero-order valence-electron chi connectivity index (χ0n) is 6.74. The normalized spacial score (nSPS) is 20.2. The van der Waals surface area contributed by atoms with E-state index in [0.717, 1.165) is 6.54 Å². The summed E-state index contributed by atoms with van der Waals surface area (Å²) in [4.78, 5) is 10.5. The van der Waals surface area contributed by atoms with E-state index in [0.29, 0.717) is 5.41 Å². The average molecular weight is 141 g/mol. The van der Waals surface area contributed by atoms with Gasteiger partial charge in [-0.15, -0.1) is 0 Å². The first kappa shape index (κ1) is 7.58. The minimum atomic E-state index is 0.0970. The summed E-state index contributed by atoms with van der Waals surface area (Å²) in [5, 5.41) is 2.86. The summed E-state index contributed by atoms with van der Waals surface area (Å²) in [6, 6.07) is 0. The van der Waals surface area contributed by atoms with Crippen LogP contribution in [0.1, 0.15) is 33.1 Å². The zero-order chi connectivity index (χ0) is 7.61. The molecular formula is C8H15NO. The van der Waals surface area contributed by atoms with E-state index in [1.54, 1.807) is 6.92 Å². The average Bonchev–Trinajstić information content (AvgIpc) is 2.64. The Morgan fingerprint density at radius 2 is 2.20 bits per heavy atom. The van der Waals surface area contributed by atoms with Gasteiger partial charge >= 0.3 is 0 Å². The van der Waals surface area contributed by atoms with Crippen LogP contribution in [-0.4, -0.2) is 12.5 Å². The van der Waals surface area contributed by atoms with Crippen LogP contribution < -0.4 is 5.32 Å². The first-order valence-corrected chi connectivity index (χ1v) is 3.93. The van der Waals surface area contributed by atoms with Crippen molar-refractivity contribution in [3.05, 3.63) is 0 Å². The number of amides is 1. The summed E-state index contributed by atoms with van der Waals surface area (Å²) in [5.74, 6) is 0.0970. The number of hydrogen-bond donors (Lipinski definition) is 1. The third-order valence-corrected chi connectivity index (χ3v) is 2.42. The van der Waals surface area contributed by atoms with Gasteiger partial charge in [-0.3, -0.25) is 4.79 Å². The van der Waals surface area contributed by atoms with Gasteiger partial charge < -0.3 is 5.32 Å². The molecule has 0 saturated heterocycles. The summed E-state index contributed by atoms with van der Waals surface area (Å²) >= 11 is 0. The molecular weight excluding hydrogens is 126 g/mol. The lowest BCUT2D eigenvalue weighted by molar-refractivity contribution is -0.119. The third-order valence-electron chi connectivity index (χ3n) is 2.42. The molecule has 0 aromatic rings. The van der Waals surface area contributed by atoms with Gasteiger partial charge in [0.25, 0.3) is 0 Å². The smallest absolute Gasteiger partial charge is 0.216 e. The molecule has 0 atom stereocenters. The molecule has 2 heteroatoms. The molecule has 0 aliphatic heterocycles. The molecule has 58 valence electrons. The largest absolute Gasteiger partial charge is 0.356 e. The fraction of sp³-hybridized carbons (Fsp3) is 0.875. The Balaban J connectivity index is 2.19. The van der Waals surface area contributed by atoms with E-state index in [1.165, 1.54) is 19.3 Å². The van der Waals surface area contributed by atoms with Gasteiger partial charge in [0.1, 0.15) is 0 Å². The minimum absolute atomic E-state index is 0.0970. The molecule has 1 amide bonds. The van der Waals surface area contributed by atoms with Crippen LogP contribution in [-0.2, 0) is 4.79 Å². The maximum absolute atomic E-state index is 10.5. The molecule has 0 spiro atoms. The Morgan fingerprint density at radius 3 is 2.50 bits per heavy atom. The van der Waals surface area contributed by atoms with Crippen LogP contribution in [0.3, 0.4) is 0 Å². The SMILES string of the molecule is CCC1(CNC(C)=O)CC1. The summed E-state index contributed by atoms with van der Waals surface area (Å²) in [6.45, 7) is 4.65. The molecule has 1 rings (SSSR count). The van der Waals surface area contributed by atoms with Crippen LogP contribution in [0, 0.1) is 5.41 Å². The number of nitrogens with one attached hydrogen (secondary N) is 1. The van der Waals surface area contributed by atoms with Crippen molar-refractivity contribution in [2.45, 2.75) is 33.1 Å². The molecule has 0 bridgehead atoms. The van der Waals surface area contributed by atoms with Crippen molar-refractivity contribution in [3.63, 3.8) is 0 Å². The van der Waals surface area contributed by atoms with Crippen molar-refractivity contribution in [1.82, 2.24) is 5.32 Å². The van der Waals surface area contributed by atoms with Crippen molar-refractivity contribution in [3.8, 4) is 0 Å². The second-order valence-corrected chi connectivity index (χ2v) is 3.26. The third kappa shape index (κ3) is 1.72. The molecule has 2 nitrogen and oxygen atoms in total. The Hall–Kier alpha value is -0.530. The van der Waals surface area contributed by atoms with E-state index in [4.69, 9.17) is 0 Å². The van der Waals surface area contributed by atoms with Crippen LogP contribution in [0.15, 0.2) is 0 Å². The lowest BCUT2D eigenvalue weighted by atomic mass is 10.0. The highest BCUT2D eigenvalue weighted by Crippen LogP contribution is 2.47. The molecule has 0 aromatic heterocycles. The Morgan fingerprint density at radius 1 is 1.60 bits per heavy atom. The predicted molar refractivity (Wildman–Crippen MR) is 40.6 cm³/mol. The molecule has 1 aliphatic rings. The van der Waals surface area contributed by atoms with E-state index in [2.05, 4.69) is 12.2 Å². The van der Waals surface area contributed by atoms with E-state index in [1.807, 2.05) is 0 Å². The van der Waals surface area contributed by atoms with Gasteiger partial charge in [0.05, 0.1) is 0 Å². The highest BCUT2D eigenvalue weighted by atomic mass is 16.1. The number of rotatable bonds is 3. The number of carbonyl (C=O) groups excluding carboxylic acids is 1. The fourth-order valence-electron chi connectivity index (χ4n) is 1.14. The van der Waals surface area contributed by atoms with Gasteiger partial charge in [-0.1, -0.05) is 6.92 Å². The number of carbonyl (C=O) groups is 1. The zero-order valence-corrected chi connectivity index (χ0v) is 6.74. The van der Waals surface area contributed by atoms with Gasteiger partial charge in [0, 0.05) is 13.5 Å². The minimum Gasteiger partial charge on any atom is -0.356 e. The Labute approximate surface area is 62.0 Å². The highest BCUT2D eigenvalue weighted by Gasteiger charge is 2.40. The maximum Gasteiger partial charge on any atom is 0.216 e. The predicted octanol–water partition coefficient (Wildman–Crippen LogP) is 1.31. The highest BCUT2D eigenvalue weighted by molar-refractivity contribution is 5.72. The topological polar surface area (TPSA) is 29.1 Å². The van der Waals surface area contributed by atoms with E-state index >= 15 is 0 Å². The van der Waals surface area contributed by atoms with Crippen LogP contribution in [0.5, 0.6) is 0 Å². The Kier molecular flexibility index (Phi) is 1.97. The van der Waals surface area contributed by atoms with Crippen molar-refractivity contribution in [2.24, 2.45) is 5.41 Å². The first-order chi connectivity index (χ1) is 4.68. The van der Waals surface area contributed by atoms with E-state index < -0.39 is 0 Å². The quantitative estimate of drug-likeness (QED) is 0.631.